The summed E-state index contributed by atoms with van der Waals surface area (Å²) in [5.41, 5.74) is 4.43. The molecule has 0 fully saturated rings. The normalized spacial score (nSPS) is 12.9. The lowest BCUT2D eigenvalue weighted by molar-refractivity contribution is 0.507. The van der Waals surface area contributed by atoms with E-state index in [1.54, 1.807) is 18.3 Å². The van der Waals surface area contributed by atoms with Gasteiger partial charge in [0.1, 0.15) is 5.82 Å². The molecule has 0 unspecified atom stereocenters. The van der Waals surface area contributed by atoms with Gasteiger partial charge in [-0.1, -0.05) is 33.4 Å². The van der Waals surface area contributed by atoms with E-state index in [2.05, 4.69) is 33.2 Å². The van der Waals surface area contributed by atoms with Gasteiger partial charge in [0.05, 0.1) is 17.6 Å². The molecule has 0 aliphatic carbocycles. The summed E-state index contributed by atoms with van der Waals surface area (Å²) in [6, 6.07) is 6.33. The Balaban J connectivity index is 0.000000784. The first kappa shape index (κ1) is 19.4. The first-order valence-electron chi connectivity index (χ1n) is 8.39. The van der Waals surface area contributed by atoms with Crippen LogP contribution in [0.2, 0.25) is 0 Å². The van der Waals surface area contributed by atoms with Gasteiger partial charge >= 0.3 is 0 Å². The minimum Gasteiger partial charge on any atom is -0.376 e. The van der Waals surface area contributed by atoms with Crippen molar-refractivity contribution in [3.8, 4) is 11.3 Å². The number of aromatic nitrogens is 3. The number of halogens is 1. The third-order valence-electron chi connectivity index (χ3n) is 3.83. The Kier molecular flexibility index (Phi) is 6.28. The van der Waals surface area contributed by atoms with Gasteiger partial charge in [-0.3, -0.25) is 4.98 Å². The van der Waals surface area contributed by atoms with Crippen LogP contribution >= 0.6 is 0 Å². The Bertz CT molecular complexity index is 923. The molecular formula is C21H25FN4. The van der Waals surface area contributed by atoms with E-state index in [1.165, 1.54) is 12.1 Å². The van der Waals surface area contributed by atoms with Crippen molar-refractivity contribution in [1.29, 1.82) is 0 Å². The summed E-state index contributed by atoms with van der Waals surface area (Å²) in [7, 11) is 2.04. The van der Waals surface area contributed by atoms with E-state index >= 15 is 0 Å². The van der Waals surface area contributed by atoms with E-state index < -0.39 is 0 Å². The van der Waals surface area contributed by atoms with Crippen molar-refractivity contribution in [2.75, 3.05) is 13.6 Å². The van der Waals surface area contributed by atoms with Crippen LogP contribution in [-0.4, -0.2) is 32.9 Å². The summed E-state index contributed by atoms with van der Waals surface area (Å²) in [6.07, 6.45) is 11.9. The number of benzene rings is 1. The molecule has 0 radical (unpaired) electrons. The highest BCUT2D eigenvalue weighted by atomic mass is 19.1. The third kappa shape index (κ3) is 3.99. The third-order valence-corrected chi connectivity index (χ3v) is 3.83. The largest absolute Gasteiger partial charge is 0.376 e. The number of fused-ring (bicyclic) bond motifs is 1. The van der Waals surface area contributed by atoms with Crippen LogP contribution in [0.5, 0.6) is 0 Å². The van der Waals surface area contributed by atoms with Crippen LogP contribution in [0.1, 0.15) is 27.0 Å². The maximum atomic E-state index is 13.0. The number of hydrogen-bond donors (Lipinski definition) is 0. The van der Waals surface area contributed by atoms with Gasteiger partial charge in [-0.15, -0.1) is 0 Å². The predicted molar refractivity (Wildman–Crippen MR) is 106 cm³/mol. The monoisotopic (exact) mass is 352 g/mol. The van der Waals surface area contributed by atoms with Crippen molar-refractivity contribution in [3.05, 3.63) is 72.7 Å². The quantitative estimate of drug-likeness (QED) is 0.648. The zero-order valence-electron chi connectivity index (χ0n) is 14.6. The maximum absolute atomic E-state index is 13.0. The first-order valence-corrected chi connectivity index (χ1v) is 8.39. The lowest BCUT2D eigenvalue weighted by Gasteiger charge is -2.16. The molecule has 3 aromatic rings. The Morgan fingerprint density at radius 1 is 1.04 bits per heavy atom. The second kappa shape index (κ2) is 8.43. The molecule has 26 heavy (non-hydrogen) atoms. The molecule has 0 N–H and O–H groups in total. The van der Waals surface area contributed by atoms with Crippen molar-refractivity contribution in [1.82, 2.24) is 19.3 Å². The summed E-state index contributed by atoms with van der Waals surface area (Å²) in [4.78, 5) is 11.2. The fraction of sp³-hybridized carbons (Fsp3) is 0.238. The molecule has 1 aliphatic rings. The minimum atomic E-state index is -0.250. The van der Waals surface area contributed by atoms with Crippen LogP contribution in [-0.2, 0) is 0 Å². The molecule has 1 aliphatic heterocycles. The van der Waals surface area contributed by atoms with Crippen molar-refractivity contribution < 1.29 is 4.39 Å². The van der Waals surface area contributed by atoms with Crippen molar-refractivity contribution >= 4 is 11.2 Å². The number of hydrogen-bond acceptors (Lipinski definition) is 3. The highest BCUT2D eigenvalue weighted by molar-refractivity contribution is 5.73. The van der Waals surface area contributed by atoms with Gasteiger partial charge in [0, 0.05) is 43.3 Å². The highest BCUT2D eigenvalue weighted by Crippen LogP contribution is 2.22. The first-order chi connectivity index (χ1) is 12.2. The molecule has 4 rings (SSSR count). The Morgan fingerprint density at radius 3 is 2.42 bits per heavy atom. The van der Waals surface area contributed by atoms with Crippen LogP contribution < -0.4 is 0 Å². The van der Waals surface area contributed by atoms with Gasteiger partial charge in [-0.2, -0.15) is 0 Å². The molecule has 0 saturated heterocycles. The Morgan fingerprint density at radius 2 is 1.73 bits per heavy atom. The highest BCUT2D eigenvalue weighted by Gasteiger charge is 2.10. The van der Waals surface area contributed by atoms with E-state index in [0.717, 1.165) is 34.7 Å². The number of likely N-dealkylation sites (N-methyl/N-ethyl adjacent to an activating group) is 1. The van der Waals surface area contributed by atoms with E-state index in [1.807, 2.05) is 37.7 Å². The molecule has 136 valence electrons. The van der Waals surface area contributed by atoms with Gasteiger partial charge in [0.25, 0.3) is 0 Å². The zero-order valence-corrected chi connectivity index (χ0v) is 14.6. The van der Waals surface area contributed by atoms with Crippen molar-refractivity contribution in [3.63, 3.8) is 0 Å². The van der Waals surface area contributed by atoms with Gasteiger partial charge in [0.2, 0.25) is 0 Å². The number of nitrogens with zero attached hydrogens (tertiary/aromatic N) is 4. The van der Waals surface area contributed by atoms with Crippen LogP contribution in [0.3, 0.4) is 0 Å². The lowest BCUT2D eigenvalue weighted by atomic mass is 10.1. The smallest absolute Gasteiger partial charge is 0.156 e. The molecule has 2 aromatic heterocycles. The average Bonchev–Trinajstić information content (AvgIpc) is 3.07. The van der Waals surface area contributed by atoms with Crippen molar-refractivity contribution in [2.45, 2.75) is 21.3 Å². The molecule has 0 spiro atoms. The molecule has 0 amide bonds. The molecule has 4 nitrogen and oxygen atoms in total. The van der Waals surface area contributed by atoms with Gasteiger partial charge < -0.3 is 9.30 Å². The number of allylic oxidation sites excluding steroid dienone is 2. The standard InChI is InChI=1S/C18H15FN4.C2H6.CH4/c1-22-8-2-3-14(10-22)17-12-23-11-16(20-9-18(23)21-17)13-4-6-15(19)7-5-13;1-2;/h2-7,9-12H,8H2,1H3;1-2H3;1H4. The second-order valence-corrected chi connectivity index (χ2v) is 5.60. The number of rotatable bonds is 2. The SMILES string of the molecule is C.CC.CN1C=C(c2cn3cc(-c4ccc(F)cc4)ncc3n2)C=CC1. The fourth-order valence-electron chi connectivity index (χ4n) is 2.64. The molecule has 5 heteroatoms. The van der Waals surface area contributed by atoms with Crippen LogP contribution in [0.15, 0.2) is 61.2 Å². The van der Waals surface area contributed by atoms with Crippen LogP contribution in [0.4, 0.5) is 4.39 Å². The molecule has 0 atom stereocenters. The average molecular weight is 352 g/mol. The van der Waals surface area contributed by atoms with Gasteiger partial charge in [-0.25, -0.2) is 9.37 Å². The molecule has 3 heterocycles. The maximum Gasteiger partial charge on any atom is 0.156 e. The topological polar surface area (TPSA) is 33.4 Å². The predicted octanol–water partition coefficient (Wildman–Crippen LogP) is 5.04. The summed E-state index contributed by atoms with van der Waals surface area (Å²) >= 11 is 0. The fourth-order valence-corrected chi connectivity index (χ4v) is 2.64. The van der Waals surface area contributed by atoms with E-state index in [9.17, 15) is 4.39 Å². The summed E-state index contributed by atoms with van der Waals surface area (Å²) in [6.45, 7) is 4.91. The molecule has 1 aromatic carbocycles. The van der Waals surface area contributed by atoms with Crippen LogP contribution in [0, 0.1) is 5.82 Å². The zero-order chi connectivity index (χ0) is 17.8. The lowest BCUT2D eigenvalue weighted by Crippen LogP contribution is -2.13. The Hall–Kier alpha value is -2.95. The van der Waals surface area contributed by atoms with E-state index in [4.69, 9.17) is 0 Å². The molecule has 0 bridgehead atoms. The minimum absolute atomic E-state index is 0. The second-order valence-electron chi connectivity index (χ2n) is 5.60. The summed E-state index contributed by atoms with van der Waals surface area (Å²) in [5, 5.41) is 0. The van der Waals surface area contributed by atoms with E-state index in [0.29, 0.717) is 0 Å². The number of imidazole rings is 1. The summed E-state index contributed by atoms with van der Waals surface area (Å²) in [5.74, 6) is -0.250. The van der Waals surface area contributed by atoms with Crippen molar-refractivity contribution in [2.24, 2.45) is 0 Å². The van der Waals surface area contributed by atoms with Gasteiger partial charge in [0.15, 0.2) is 5.65 Å². The van der Waals surface area contributed by atoms with Crippen LogP contribution in [0.25, 0.3) is 22.5 Å². The van der Waals surface area contributed by atoms with E-state index in [-0.39, 0.29) is 13.2 Å². The summed E-state index contributed by atoms with van der Waals surface area (Å²) < 4.78 is 15.0. The molecule has 0 saturated carbocycles. The molecular weight excluding hydrogens is 327 g/mol. The van der Waals surface area contributed by atoms with Gasteiger partial charge in [-0.05, 0) is 24.3 Å². The Labute approximate surface area is 154 Å².